The predicted molar refractivity (Wildman–Crippen MR) is 137 cm³/mol. The van der Waals surface area contributed by atoms with E-state index in [4.69, 9.17) is 14.5 Å². The number of carbonyl (C=O) groups is 3. The van der Waals surface area contributed by atoms with Gasteiger partial charge < -0.3 is 19.8 Å². The van der Waals surface area contributed by atoms with Crippen molar-refractivity contribution >= 4 is 23.8 Å². The maximum absolute atomic E-state index is 12.8. The number of nitrogens with zero attached hydrogens (tertiary/aromatic N) is 3. The van der Waals surface area contributed by atoms with Gasteiger partial charge in [-0.15, -0.1) is 0 Å². The van der Waals surface area contributed by atoms with E-state index in [0.29, 0.717) is 41.4 Å². The minimum absolute atomic E-state index is 0.193. The zero-order valence-corrected chi connectivity index (χ0v) is 21.4. The maximum Gasteiger partial charge on any atom is 0.410 e. The monoisotopic (exact) mass is 505 g/mol. The molecular weight excluding hydrogens is 474 g/mol. The average molecular weight is 506 g/mol. The van der Waals surface area contributed by atoms with Crippen LogP contribution in [0, 0.1) is 0 Å². The van der Waals surface area contributed by atoms with Crippen LogP contribution in [-0.2, 0) is 9.47 Å². The zero-order valence-electron chi connectivity index (χ0n) is 21.4. The van der Waals surface area contributed by atoms with Gasteiger partial charge in [0.15, 0.2) is 5.69 Å². The van der Waals surface area contributed by atoms with Crippen molar-refractivity contribution in [1.82, 2.24) is 19.9 Å². The molecule has 3 aromatic rings. The molecule has 194 valence electrons. The van der Waals surface area contributed by atoms with Gasteiger partial charge in [0.25, 0.3) is 5.91 Å². The number of amides is 2. The molecule has 1 atom stereocenters. The van der Waals surface area contributed by atoms with Crippen LogP contribution in [0.25, 0.3) is 11.3 Å². The number of imidazole rings is 1. The molecule has 2 aromatic heterocycles. The molecule has 0 bridgehead atoms. The number of esters is 1. The van der Waals surface area contributed by atoms with Gasteiger partial charge in [-0.1, -0.05) is 18.2 Å². The molecule has 10 heteroatoms. The topological polar surface area (TPSA) is 127 Å². The number of ether oxygens (including phenoxy) is 2. The smallest absolute Gasteiger partial charge is 0.410 e. The summed E-state index contributed by atoms with van der Waals surface area (Å²) in [5.74, 6) is 0.0789. The third kappa shape index (κ3) is 6.14. The Morgan fingerprint density at radius 2 is 1.89 bits per heavy atom. The summed E-state index contributed by atoms with van der Waals surface area (Å²) in [5.41, 5.74) is 1.01. The quantitative estimate of drug-likeness (QED) is 0.453. The van der Waals surface area contributed by atoms with Gasteiger partial charge in [0.2, 0.25) is 0 Å². The number of nitrogens with one attached hydrogen (secondary N) is 2. The second-order valence-electron chi connectivity index (χ2n) is 9.64. The van der Waals surface area contributed by atoms with E-state index in [1.165, 1.54) is 0 Å². The number of aromatic nitrogens is 3. The van der Waals surface area contributed by atoms with E-state index < -0.39 is 17.7 Å². The van der Waals surface area contributed by atoms with Crippen molar-refractivity contribution < 1.29 is 23.9 Å². The number of anilines is 1. The van der Waals surface area contributed by atoms with Gasteiger partial charge >= 0.3 is 12.1 Å². The molecule has 1 fully saturated rings. The van der Waals surface area contributed by atoms with Gasteiger partial charge in [0.05, 0.1) is 12.6 Å². The molecule has 0 spiro atoms. The Hall–Kier alpha value is -4.21. The van der Waals surface area contributed by atoms with Crippen LogP contribution < -0.4 is 5.32 Å². The molecule has 37 heavy (non-hydrogen) atoms. The first-order chi connectivity index (χ1) is 17.7. The van der Waals surface area contributed by atoms with Crippen molar-refractivity contribution in [3.63, 3.8) is 0 Å². The van der Waals surface area contributed by atoms with E-state index in [-0.39, 0.29) is 24.2 Å². The fourth-order valence-corrected chi connectivity index (χ4v) is 4.10. The largest absolute Gasteiger partial charge is 0.461 e. The minimum Gasteiger partial charge on any atom is -0.461 e. The SMILES string of the molecule is CCOC(=O)c1[nH]c(C2CCCN2C(=O)OC(C)(C)C)nc1-c1ccc(C(=O)Nc2ccccn2)cc1. The maximum atomic E-state index is 12.8. The Morgan fingerprint density at radius 3 is 2.54 bits per heavy atom. The highest BCUT2D eigenvalue weighted by Gasteiger charge is 2.36. The van der Waals surface area contributed by atoms with Crippen molar-refractivity contribution in [3.8, 4) is 11.3 Å². The highest BCUT2D eigenvalue weighted by atomic mass is 16.6. The number of benzene rings is 1. The van der Waals surface area contributed by atoms with Crippen molar-refractivity contribution in [2.75, 3.05) is 18.5 Å². The third-order valence-electron chi connectivity index (χ3n) is 5.73. The van der Waals surface area contributed by atoms with E-state index in [2.05, 4.69) is 15.3 Å². The molecular formula is C27H31N5O5. The summed E-state index contributed by atoms with van der Waals surface area (Å²) < 4.78 is 10.8. The van der Waals surface area contributed by atoms with Crippen LogP contribution >= 0.6 is 0 Å². The van der Waals surface area contributed by atoms with Crippen LogP contribution in [0.3, 0.4) is 0 Å². The van der Waals surface area contributed by atoms with Gasteiger partial charge in [0.1, 0.15) is 22.9 Å². The van der Waals surface area contributed by atoms with Gasteiger partial charge in [-0.3, -0.25) is 9.69 Å². The van der Waals surface area contributed by atoms with Crippen LogP contribution in [0.1, 0.15) is 73.2 Å². The summed E-state index contributed by atoms with van der Waals surface area (Å²) in [5, 5.41) is 2.74. The molecule has 1 unspecified atom stereocenters. The molecule has 10 nitrogen and oxygen atoms in total. The molecule has 1 saturated heterocycles. The lowest BCUT2D eigenvalue weighted by Crippen LogP contribution is -2.36. The van der Waals surface area contributed by atoms with Gasteiger partial charge in [-0.25, -0.2) is 19.6 Å². The molecule has 3 heterocycles. The molecule has 1 aliphatic rings. The van der Waals surface area contributed by atoms with E-state index in [9.17, 15) is 14.4 Å². The van der Waals surface area contributed by atoms with Crippen LogP contribution in [0.15, 0.2) is 48.7 Å². The zero-order chi connectivity index (χ0) is 26.6. The summed E-state index contributed by atoms with van der Waals surface area (Å²) >= 11 is 0. The number of hydrogen-bond acceptors (Lipinski definition) is 7. The molecule has 0 radical (unpaired) electrons. The number of pyridine rings is 1. The Balaban J connectivity index is 1.61. The first-order valence-corrected chi connectivity index (χ1v) is 12.3. The van der Waals surface area contributed by atoms with E-state index in [0.717, 1.165) is 6.42 Å². The summed E-state index contributed by atoms with van der Waals surface area (Å²) in [7, 11) is 0. The molecule has 4 rings (SSSR count). The van der Waals surface area contributed by atoms with Crippen molar-refractivity contribution in [2.24, 2.45) is 0 Å². The lowest BCUT2D eigenvalue weighted by atomic mass is 10.1. The third-order valence-corrected chi connectivity index (χ3v) is 5.73. The van der Waals surface area contributed by atoms with E-state index >= 15 is 0 Å². The second kappa shape index (κ2) is 10.8. The normalized spacial score (nSPS) is 15.4. The molecule has 1 aromatic carbocycles. The summed E-state index contributed by atoms with van der Waals surface area (Å²) in [6.07, 6.45) is 2.64. The van der Waals surface area contributed by atoms with E-state index in [1.54, 1.807) is 60.5 Å². The Morgan fingerprint density at radius 1 is 1.14 bits per heavy atom. The fraction of sp³-hybridized carbons (Fsp3) is 0.370. The number of likely N-dealkylation sites (tertiary alicyclic amines) is 1. The highest BCUT2D eigenvalue weighted by molar-refractivity contribution is 6.04. The van der Waals surface area contributed by atoms with Gasteiger partial charge in [0, 0.05) is 23.9 Å². The van der Waals surface area contributed by atoms with Crippen molar-refractivity contribution in [1.29, 1.82) is 0 Å². The molecule has 2 amide bonds. The Labute approximate surface area is 215 Å². The van der Waals surface area contributed by atoms with Gasteiger partial charge in [-0.05, 0) is 64.8 Å². The molecule has 0 aliphatic carbocycles. The average Bonchev–Trinajstić information content (AvgIpc) is 3.52. The summed E-state index contributed by atoms with van der Waals surface area (Å²) in [4.78, 5) is 51.7. The van der Waals surface area contributed by atoms with Gasteiger partial charge in [-0.2, -0.15) is 0 Å². The number of hydrogen-bond donors (Lipinski definition) is 2. The van der Waals surface area contributed by atoms with Crippen LogP contribution in [0.5, 0.6) is 0 Å². The summed E-state index contributed by atoms with van der Waals surface area (Å²) in [6.45, 7) is 7.92. The standard InChI is InChI=1S/C27H31N5O5/c1-5-36-25(34)22-21(17-11-13-18(14-12-17)24(33)29-20-10-6-7-15-28-20)30-23(31-22)19-9-8-16-32(19)26(35)37-27(2,3)4/h6-7,10-15,19H,5,8-9,16H2,1-4H3,(H,30,31)(H,28,29,33). The van der Waals surface area contributed by atoms with E-state index in [1.807, 2.05) is 20.8 Å². The lowest BCUT2D eigenvalue weighted by Gasteiger charge is -2.27. The van der Waals surface area contributed by atoms with Crippen LogP contribution in [0.2, 0.25) is 0 Å². The van der Waals surface area contributed by atoms with Crippen molar-refractivity contribution in [2.45, 2.75) is 52.2 Å². The Kier molecular flexibility index (Phi) is 7.56. The lowest BCUT2D eigenvalue weighted by molar-refractivity contribution is 0.0218. The van der Waals surface area contributed by atoms with Crippen LogP contribution in [0.4, 0.5) is 10.6 Å². The first-order valence-electron chi connectivity index (χ1n) is 12.3. The number of H-pyrrole nitrogens is 1. The molecule has 1 aliphatic heterocycles. The first kappa shape index (κ1) is 25.9. The molecule has 2 N–H and O–H groups in total. The Bertz CT molecular complexity index is 1260. The number of aromatic amines is 1. The number of rotatable bonds is 6. The number of carbonyl (C=O) groups excluding carboxylic acids is 3. The predicted octanol–water partition coefficient (Wildman–Crippen LogP) is 4.97. The van der Waals surface area contributed by atoms with Crippen molar-refractivity contribution in [3.05, 3.63) is 65.7 Å². The fourth-order valence-electron chi connectivity index (χ4n) is 4.10. The molecule has 0 saturated carbocycles. The summed E-state index contributed by atoms with van der Waals surface area (Å²) in [6, 6.07) is 11.6. The highest BCUT2D eigenvalue weighted by Crippen LogP contribution is 2.34. The minimum atomic E-state index is -0.626. The second-order valence-corrected chi connectivity index (χ2v) is 9.64. The van der Waals surface area contributed by atoms with Crippen LogP contribution in [-0.4, -0.2) is 56.6 Å².